The van der Waals surface area contributed by atoms with Crippen LogP contribution in [0.3, 0.4) is 0 Å². The van der Waals surface area contributed by atoms with Crippen LogP contribution in [0.1, 0.15) is 15.9 Å². The highest BCUT2D eigenvalue weighted by Crippen LogP contribution is 2.30. The Morgan fingerprint density at radius 3 is 2.64 bits per heavy atom. The van der Waals surface area contributed by atoms with Gasteiger partial charge in [-0.3, -0.25) is 9.79 Å². The second-order valence-electron chi connectivity index (χ2n) is 7.75. The van der Waals surface area contributed by atoms with Crippen LogP contribution >= 0.6 is 0 Å². The van der Waals surface area contributed by atoms with Crippen LogP contribution in [0.4, 0.5) is 11.5 Å². The first-order chi connectivity index (χ1) is 16.1. The largest absolute Gasteiger partial charge is 0.495 e. The summed E-state index contributed by atoms with van der Waals surface area (Å²) in [6.45, 7) is 1.21. The number of carbonyl (C=O) groups excluding carboxylic acids is 1. The highest BCUT2D eigenvalue weighted by molar-refractivity contribution is 6.10. The Morgan fingerprint density at radius 2 is 1.94 bits per heavy atom. The number of rotatable bonds is 7. The normalized spacial score (nSPS) is 14.5. The van der Waals surface area contributed by atoms with Crippen molar-refractivity contribution in [2.45, 2.75) is 6.10 Å². The third-order valence-corrected chi connectivity index (χ3v) is 5.68. The van der Waals surface area contributed by atoms with Crippen LogP contribution in [-0.2, 0) is 4.74 Å². The smallest absolute Gasteiger partial charge is 0.254 e. The molecule has 8 heteroatoms. The van der Waals surface area contributed by atoms with Gasteiger partial charge in [-0.25, -0.2) is 4.98 Å². The van der Waals surface area contributed by atoms with Crippen LogP contribution in [0, 0.1) is 0 Å². The van der Waals surface area contributed by atoms with Crippen LogP contribution in [0.2, 0.25) is 0 Å². The number of amides is 1. The summed E-state index contributed by atoms with van der Waals surface area (Å²) in [5, 5.41) is 5.31. The lowest BCUT2D eigenvalue weighted by molar-refractivity contribution is -0.0192. The van der Waals surface area contributed by atoms with Gasteiger partial charge in [-0.2, -0.15) is 0 Å². The number of hydrogen-bond acceptors (Lipinski definition) is 7. The molecule has 3 N–H and O–H groups in total. The van der Waals surface area contributed by atoms with Crippen LogP contribution in [0.5, 0.6) is 5.75 Å². The van der Waals surface area contributed by atoms with Gasteiger partial charge in [0, 0.05) is 62.4 Å². The van der Waals surface area contributed by atoms with Crippen LogP contribution in [0.25, 0.3) is 16.3 Å². The minimum Gasteiger partial charge on any atom is -0.495 e. The van der Waals surface area contributed by atoms with E-state index in [0.29, 0.717) is 30.2 Å². The SMILES string of the molecule is CN=CC(=CN)c1ccc2cnc(Nc3ccc(C(=O)N4CC(OC)C4)cc3OC)cc2c1. The molecule has 2 heterocycles. The van der Waals surface area contributed by atoms with Crippen molar-refractivity contribution in [3.63, 3.8) is 0 Å². The number of aromatic nitrogens is 1. The Morgan fingerprint density at radius 1 is 1.15 bits per heavy atom. The minimum absolute atomic E-state index is 0.0381. The number of allylic oxidation sites excluding steroid dienone is 1. The van der Waals surface area contributed by atoms with Crippen LogP contribution in [0.15, 0.2) is 59.9 Å². The lowest BCUT2D eigenvalue weighted by Crippen LogP contribution is -2.54. The van der Waals surface area contributed by atoms with Gasteiger partial charge in [0.05, 0.1) is 18.9 Å². The molecular formula is C25H27N5O3. The molecule has 1 aromatic heterocycles. The van der Waals surface area contributed by atoms with Crippen LogP contribution in [-0.4, -0.2) is 62.5 Å². The number of pyridine rings is 1. The van der Waals surface area contributed by atoms with Crippen molar-refractivity contribution >= 4 is 40.0 Å². The fourth-order valence-corrected chi connectivity index (χ4v) is 3.74. The summed E-state index contributed by atoms with van der Waals surface area (Å²) >= 11 is 0. The molecule has 170 valence electrons. The number of carbonyl (C=O) groups is 1. The molecular weight excluding hydrogens is 418 g/mol. The minimum atomic E-state index is -0.0381. The van der Waals surface area contributed by atoms with Crippen molar-refractivity contribution in [3.8, 4) is 5.75 Å². The monoisotopic (exact) mass is 445 g/mol. The van der Waals surface area contributed by atoms with E-state index in [1.807, 2.05) is 36.5 Å². The van der Waals surface area contributed by atoms with Gasteiger partial charge in [0.25, 0.3) is 5.91 Å². The maximum absolute atomic E-state index is 12.7. The summed E-state index contributed by atoms with van der Waals surface area (Å²) in [5.41, 5.74) is 8.85. The van der Waals surface area contributed by atoms with Crippen molar-refractivity contribution in [2.75, 3.05) is 39.7 Å². The van der Waals surface area contributed by atoms with Gasteiger partial charge < -0.3 is 25.4 Å². The second-order valence-corrected chi connectivity index (χ2v) is 7.75. The molecule has 2 aromatic carbocycles. The zero-order chi connectivity index (χ0) is 23.4. The van der Waals surface area contributed by atoms with E-state index in [1.54, 1.807) is 44.5 Å². The standard InChI is InChI=1S/C25H27N5O3/c1-27-12-20(11-26)16-4-5-18-13-28-24(10-19(18)8-16)29-22-7-6-17(9-23(22)33-3)25(31)30-14-21(15-30)32-2/h4-13,21H,14-15,26H2,1-3H3,(H,28,29). The number of aliphatic imine (C=N–C) groups is 1. The summed E-state index contributed by atoms with van der Waals surface area (Å²) in [6, 6.07) is 13.3. The van der Waals surface area contributed by atoms with E-state index in [-0.39, 0.29) is 12.0 Å². The molecule has 1 aliphatic rings. The third kappa shape index (κ3) is 4.65. The molecule has 8 nitrogen and oxygen atoms in total. The molecule has 1 saturated heterocycles. The van der Waals surface area contributed by atoms with E-state index >= 15 is 0 Å². The molecule has 0 spiro atoms. The Labute approximate surface area is 192 Å². The molecule has 33 heavy (non-hydrogen) atoms. The Bertz CT molecular complexity index is 1230. The van der Waals surface area contributed by atoms with Gasteiger partial charge in [0.1, 0.15) is 11.6 Å². The van der Waals surface area contributed by atoms with Crippen molar-refractivity contribution in [3.05, 3.63) is 66.0 Å². The number of fused-ring (bicyclic) bond motifs is 1. The van der Waals surface area contributed by atoms with Crippen molar-refractivity contribution < 1.29 is 14.3 Å². The highest BCUT2D eigenvalue weighted by atomic mass is 16.5. The average molecular weight is 446 g/mol. The Kier molecular flexibility index (Phi) is 6.55. The number of anilines is 2. The number of nitrogens with one attached hydrogen (secondary N) is 1. The summed E-state index contributed by atoms with van der Waals surface area (Å²) < 4.78 is 10.8. The number of nitrogens with zero attached hydrogens (tertiary/aromatic N) is 3. The number of benzene rings is 2. The topological polar surface area (TPSA) is 102 Å². The van der Waals surface area contributed by atoms with E-state index in [9.17, 15) is 4.79 Å². The van der Waals surface area contributed by atoms with Gasteiger partial charge in [-0.05, 0) is 41.3 Å². The molecule has 0 atom stereocenters. The number of likely N-dealkylation sites (tertiary alicyclic amines) is 1. The predicted octanol–water partition coefficient (Wildman–Crippen LogP) is 3.46. The second kappa shape index (κ2) is 9.70. The predicted molar refractivity (Wildman–Crippen MR) is 131 cm³/mol. The molecule has 1 aliphatic heterocycles. The van der Waals surface area contributed by atoms with Crippen LogP contribution < -0.4 is 15.8 Å². The molecule has 1 amide bonds. The molecule has 0 saturated carbocycles. The lowest BCUT2D eigenvalue weighted by atomic mass is 10.0. The molecule has 0 bridgehead atoms. The van der Waals surface area contributed by atoms with Gasteiger partial charge in [0.15, 0.2) is 0 Å². The molecule has 0 aliphatic carbocycles. The summed E-state index contributed by atoms with van der Waals surface area (Å²) in [5.74, 6) is 1.18. The van der Waals surface area contributed by atoms with E-state index in [4.69, 9.17) is 15.2 Å². The van der Waals surface area contributed by atoms with Gasteiger partial charge in [-0.15, -0.1) is 0 Å². The fourth-order valence-electron chi connectivity index (χ4n) is 3.74. The molecule has 1 fully saturated rings. The molecule has 3 aromatic rings. The van der Waals surface area contributed by atoms with E-state index in [1.165, 1.54) is 6.20 Å². The van der Waals surface area contributed by atoms with Gasteiger partial charge in [0.2, 0.25) is 0 Å². The molecule has 0 unspecified atom stereocenters. The van der Waals surface area contributed by atoms with Crippen molar-refractivity contribution in [1.82, 2.24) is 9.88 Å². The van der Waals surface area contributed by atoms with Crippen molar-refractivity contribution in [2.24, 2.45) is 10.7 Å². The first-order valence-corrected chi connectivity index (χ1v) is 10.6. The molecule has 4 rings (SSSR count). The zero-order valence-electron chi connectivity index (χ0n) is 18.9. The zero-order valence-corrected chi connectivity index (χ0v) is 18.9. The first-order valence-electron chi connectivity index (χ1n) is 10.6. The van der Waals surface area contributed by atoms with E-state index < -0.39 is 0 Å². The van der Waals surface area contributed by atoms with Gasteiger partial charge in [-0.1, -0.05) is 12.1 Å². The quantitative estimate of drug-likeness (QED) is 0.540. The number of ether oxygens (including phenoxy) is 2. The summed E-state index contributed by atoms with van der Waals surface area (Å²) in [7, 11) is 4.95. The average Bonchev–Trinajstić information content (AvgIpc) is 2.81. The first kappa shape index (κ1) is 22.3. The number of hydrogen-bond donors (Lipinski definition) is 2. The maximum Gasteiger partial charge on any atom is 0.254 e. The summed E-state index contributed by atoms with van der Waals surface area (Å²) in [4.78, 5) is 23.0. The Balaban J connectivity index is 1.57. The third-order valence-electron chi connectivity index (χ3n) is 5.68. The summed E-state index contributed by atoms with van der Waals surface area (Å²) in [6.07, 6.45) is 5.19. The number of methoxy groups -OCH3 is 2. The Hall–Kier alpha value is -3.91. The van der Waals surface area contributed by atoms with Crippen molar-refractivity contribution in [1.29, 1.82) is 0 Å². The van der Waals surface area contributed by atoms with Gasteiger partial charge >= 0.3 is 0 Å². The molecule has 0 radical (unpaired) electrons. The van der Waals surface area contributed by atoms with E-state index in [2.05, 4.69) is 15.3 Å². The fraction of sp³-hybridized carbons (Fsp3) is 0.240. The lowest BCUT2D eigenvalue weighted by Gasteiger charge is -2.38. The maximum atomic E-state index is 12.7. The number of nitrogens with two attached hydrogens (primary N) is 1. The van der Waals surface area contributed by atoms with E-state index in [0.717, 1.165) is 27.6 Å². The highest BCUT2D eigenvalue weighted by Gasteiger charge is 2.31.